The van der Waals surface area contributed by atoms with Crippen LogP contribution >= 0.6 is 23.9 Å². The molecular formula is C4H6ClNOS. The van der Waals surface area contributed by atoms with Crippen LogP contribution in [0.5, 0.6) is 0 Å². The summed E-state index contributed by atoms with van der Waals surface area (Å²) in [6.07, 6.45) is 0. The zero-order valence-electron chi connectivity index (χ0n) is 4.30. The lowest BCUT2D eigenvalue weighted by atomic mass is 10.4. The molecule has 1 aromatic rings. The van der Waals surface area contributed by atoms with E-state index in [0.29, 0.717) is 0 Å². The summed E-state index contributed by atoms with van der Waals surface area (Å²) < 4.78 is 2.55. The van der Waals surface area contributed by atoms with Gasteiger partial charge in [-0.25, -0.2) is 0 Å². The first-order valence-electron chi connectivity index (χ1n) is 1.93. The van der Waals surface area contributed by atoms with Crippen molar-refractivity contribution in [3.63, 3.8) is 0 Å². The summed E-state index contributed by atoms with van der Waals surface area (Å²) in [5, 5.41) is 1.79. The van der Waals surface area contributed by atoms with E-state index in [0.717, 1.165) is 5.56 Å². The first-order chi connectivity index (χ1) is 3.30. The molecular weight excluding hydrogens is 146 g/mol. The topological polar surface area (TPSA) is 32.9 Å². The highest BCUT2D eigenvalue weighted by Gasteiger charge is 1.86. The van der Waals surface area contributed by atoms with Crippen molar-refractivity contribution in [3.8, 4) is 0 Å². The summed E-state index contributed by atoms with van der Waals surface area (Å²) >= 11 is 1.33. The quantitative estimate of drug-likeness (QED) is 0.593. The Kier molecular flexibility index (Phi) is 2.79. The van der Waals surface area contributed by atoms with Crippen LogP contribution in [0.2, 0.25) is 0 Å². The van der Waals surface area contributed by atoms with E-state index in [9.17, 15) is 4.79 Å². The fraction of sp³-hybridized carbons (Fsp3) is 0.250. The van der Waals surface area contributed by atoms with Crippen molar-refractivity contribution >= 4 is 23.9 Å². The summed E-state index contributed by atoms with van der Waals surface area (Å²) in [7, 11) is 0. The molecule has 0 saturated carbocycles. The van der Waals surface area contributed by atoms with Gasteiger partial charge >= 0.3 is 0 Å². The van der Waals surface area contributed by atoms with Gasteiger partial charge in [0.15, 0.2) is 0 Å². The van der Waals surface area contributed by atoms with Gasteiger partial charge in [-0.05, 0) is 6.92 Å². The van der Waals surface area contributed by atoms with Crippen LogP contribution in [0.25, 0.3) is 0 Å². The molecule has 1 heterocycles. The third-order valence-electron chi connectivity index (χ3n) is 0.745. The standard InChI is InChI=1S/C4H5NOS.ClH/c1-3-2-7-5-4(3)6;/h2H,1H3,(H,5,6);1H. The number of nitrogens with one attached hydrogen (secondary N) is 1. The molecule has 0 aliphatic rings. The van der Waals surface area contributed by atoms with Crippen LogP contribution in [0, 0.1) is 6.92 Å². The molecule has 0 bridgehead atoms. The molecule has 0 saturated heterocycles. The lowest BCUT2D eigenvalue weighted by Gasteiger charge is -1.64. The molecule has 0 unspecified atom stereocenters. The maximum atomic E-state index is 10.4. The highest BCUT2D eigenvalue weighted by Crippen LogP contribution is 1.88. The highest BCUT2D eigenvalue weighted by molar-refractivity contribution is 7.03. The largest absolute Gasteiger partial charge is 0.278 e. The number of aryl methyl sites for hydroxylation is 1. The zero-order valence-corrected chi connectivity index (χ0v) is 5.94. The minimum atomic E-state index is 0. The molecule has 0 amide bonds. The number of hydrogen-bond acceptors (Lipinski definition) is 2. The number of aromatic nitrogens is 1. The lowest BCUT2D eigenvalue weighted by Crippen LogP contribution is -1.98. The van der Waals surface area contributed by atoms with E-state index in [4.69, 9.17) is 0 Å². The third kappa shape index (κ3) is 1.35. The van der Waals surface area contributed by atoms with Crippen molar-refractivity contribution in [2.24, 2.45) is 0 Å². The van der Waals surface area contributed by atoms with E-state index in [2.05, 4.69) is 4.37 Å². The molecule has 1 aromatic heterocycles. The van der Waals surface area contributed by atoms with Crippen LogP contribution in [0.1, 0.15) is 5.56 Å². The van der Waals surface area contributed by atoms with E-state index >= 15 is 0 Å². The summed E-state index contributed by atoms with van der Waals surface area (Å²) in [6, 6.07) is 0. The van der Waals surface area contributed by atoms with Crippen LogP contribution in [-0.2, 0) is 0 Å². The number of rotatable bonds is 0. The Bertz CT molecular complexity index is 204. The summed E-state index contributed by atoms with van der Waals surface area (Å²) in [6.45, 7) is 1.79. The Hall–Kier alpha value is -0.280. The number of hydrogen-bond donors (Lipinski definition) is 1. The summed E-state index contributed by atoms with van der Waals surface area (Å²) in [5.41, 5.74) is 0.829. The van der Waals surface area contributed by atoms with E-state index in [-0.39, 0.29) is 18.0 Å². The van der Waals surface area contributed by atoms with Crippen LogP contribution in [0.4, 0.5) is 0 Å². The van der Waals surface area contributed by atoms with Gasteiger partial charge in [0, 0.05) is 10.9 Å². The number of halogens is 1. The Morgan fingerprint density at radius 1 is 1.75 bits per heavy atom. The van der Waals surface area contributed by atoms with Crippen molar-refractivity contribution in [3.05, 3.63) is 21.3 Å². The van der Waals surface area contributed by atoms with E-state index in [1.807, 2.05) is 0 Å². The second-order valence-corrected chi connectivity index (χ2v) is 2.03. The van der Waals surface area contributed by atoms with Crippen LogP contribution in [-0.4, -0.2) is 4.37 Å². The molecule has 0 atom stereocenters. The molecule has 46 valence electrons. The van der Waals surface area contributed by atoms with Gasteiger partial charge in [0.05, 0.1) is 0 Å². The van der Waals surface area contributed by atoms with Gasteiger partial charge in [0.25, 0.3) is 5.56 Å². The zero-order chi connectivity index (χ0) is 5.28. The summed E-state index contributed by atoms with van der Waals surface area (Å²) in [5.74, 6) is 0. The molecule has 0 fully saturated rings. The van der Waals surface area contributed by atoms with Crippen molar-refractivity contribution in [1.82, 2.24) is 4.37 Å². The average molecular weight is 152 g/mol. The minimum absolute atomic E-state index is 0. The predicted molar refractivity (Wildman–Crippen MR) is 36.9 cm³/mol. The van der Waals surface area contributed by atoms with Gasteiger partial charge in [-0.3, -0.25) is 9.17 Å². The fourth-order valence-corrected chi connectivity index (χ4v) is 0.916. The normalized spacial score (nSPS) is 8.12. The molecule has 8 heavy (non-hydrogen) atoms. The number of H-pyrrole nitrogens is 1. The molecule has 1 rings (SSSR count). The molecule has 0 aliphatic carbocycles. The summed E-state index contributed by atoms with van der Waals surface area (Å²) in [4.78, 5) is 10.4. The van der Waals surface area contributed by atoms with E-state index in [1.54, 1.807) is 12.3 Å². The van der Waals surface area contributed by atoms with Crippen molar-refractivity contribution in [2.75, 3.05) is 0 Å². The van der Waals surface area contributed by atoms with Gasteiger partial charge < -0.3 is 0 Å². The maximum Gasteiger partial charge on any atom is 0.260 e. The fourth-order valence-electron chi connectivity index (χ4n) is 0.305. The van der Waals surface area contributed by atoms with Gasteiger partial charge in [0.1, 0.15) is 0 Å². The first-order valence-corrected chi connectivity index (χ1v) is 2.81. The number of aromatic amines is 1. The Morgan fingerprint density at radius 2 is 2.38 bits per heavy atom. The molecule has 0 aromatic carbocycles. The lowest BCUT2D eigenvalue weighted by molar-refractivity contribution is 1.34. The minimum Gasteiger partial charge on any atom is -0.278 e. The Labute approximate surface area is 57.1 Å². The Morgan fingerprint density at radius 3 is 2.50 bits per heavy atom. The van der Waals surface area contributed by atoms with Gasteiger partial charge in [-0.1, -0.05) is 11.5 Å². The monoisotopic (exact) mass is 151 g/mol. The average Bonchev–Trinajstić information content (AvgIpc) is 1.91. The molecule has 4 heteroatoms. The molecule has 0 aliphatic heterocycles. The van der Waals surface area contributed by atoms with Gasteiger partial charge in [-0.15, -0.1) is 12.4 Å². The molecule has 0 spiro atoms. The van der Waals surface area contributed by atoms with Crippen LogP contribution < -0.4 is 5.56 Å². The smallest absolute Gasteiger partial charge is 0.260 e. The molecule has 2 nitrogen and oxygen atoms in total. The van der Waals surface area contributed by atoms with Crippen LogP contribution in [0.15, 0.2) is 10.2 Å². The molecule has 0 radical (unpaired) electrons. The SMILES string of the molecule is Cc1cs[nH]c1=O.Cl. The van der Waals surface area contributed by atoms with Crippen molar-refractivity contribution in [2.45, 2.75) is 6.92 Å². The van der Waals surface area contributed by atoms with Crippen molar-refractivity contribution < 1.29 is 0 Å². The van der Waals surface area contributed by atoms with E-state index < -0.39 is 0 Å². The molecule has 1 N–H and O–H groups in total. The first kappa shape index (κ1) is 7.72. The second kappa shape index (κ2) is 2.89. The van der Waals surface area contributed by atoms with Gasteiger partial charge in [-0.2, -0.15) is 0 Å². The van der Waals surface area contributed by atoms with E-state index in [1.165, 1.54) is 11.5 Å². The van der Waals surface area contributed by atoms with Gasteiger partial charge in [0.2, 0.25) is 0 Å². The highest BCUT2D eigenvalue weighted by atomic mass is 35.5. The van der Waals surface area contributed by atoms with Crippen molar-refractivity contribution in [1.29, 1.82) is 0 Å². The Balaban J connectivity index is 0.000000490. The predicted octanol–water partition coefficient (Wildman–Crippen LogP) is 1.17. The third-order valence-corrected chi connectivity index (χ3v) is 1.52. The maximum absolute atomic E-state index is 10.4. The van der Waals surface area contributed by atoms with Crippen LogP contribution in [0.3, 0.4) is 0 Å². The second-order valence-electron chi connectivity index (χ2n) is 1.35.